The third kappa shape index (κ3) is 5.72. The van der Waals surface area contributed by atoms with Crippen LogP contribution < -0.4 is 10.2 Å². The molecule has 20 heavy (non-hydrogen) atoms. The summed E-state index contributed by atoms with van der Waals surface area (Å²) in [5, 5.41) is 3.74. The van der Waals surface area contributed by atoms with Crippen LogP contribution in [0, 0.1) is 0 Å². The monoisotopic (exact) mass is 296 g/mol. The van der Waals surface area contributed by atoms with Gasteiger partial charge in [0.05, 0.1) is 0 Å². The lowest BCUT2D eigenvalue weighted by molar-refractivity contribution is 0.389. The van der Waals surface area contributed by atoms with E-state index in [9.17, 15) is 0 Å². The van der Waals surface area contributed by atoms with Crippen LogP contribution in [0.4, 0.5) is 5.69 Å². The van der Waals surface area contributed by atoms with Crippen molar-refractivity contribution in [2.24, 2.45) is 0 Å². The number of hydrogen-bond acceptors (Lipinski definition) is 2. The Morgan fingerprint density at radius 3 is 2.05 bits per heavy atom. The molecule has 1 saturated carbocycles. The molecule has 1 aliphatic carbocycles. The Kier molecular flexibility index (Phi) is 8.01. The summed E-state index contributed by atoms with van der Waals surface area (Å²) in [6.07, 6.45) is 9.81. The predicted molar refractivity (Wildman–Crippen MR) is 91.0 cm³/mol. The minimum atomic E-state index is 0. The van der Waals surface area contributed by atoms with Crippen molar-refractivity contribution in [2.75, 3.05) is 19.0 Å². The molecule has 1 aromatic carbocycles. The zero-order chi connectivity index (χ0) is 13.5. The molecule has 0 heterocycles. The van der Waals surface area contributed by atoms with Crippen molar-refractivity contribution < 1.29 is 0 Å². The summed E-state index contributed by atoms with van der Waals surface area (Å²) >= 11 is 0. The highest BCUT2D eigenvalue weighted by molar-refractivity contribution is 5.85. The Balaban J connectivity index is 0.00000200. The van der Waals surface area contributed by atoms with Gasteiger partial charge in [-0.05, 0) is 30.5 Å². The van der Waals surface area contributed by atoms with Crippen molar-refractivity contribution in [1.82, 2.24) is 5.32 Å². The standard InChI is InChI=1S/C17H28N2.ClH/c1-19(2)17-12-10-15(11-13-17)14-18-16-8-6-4-3-5-7-9-16;/h10-13,16,18H,3-9,14H2,1-2H3;1H. The first-order chi connectivity index (χ1) is 9.25. The molecular formula is C17H29ClN2. The maximum Gasteiger partial charge on any atom is 0.0361 e. The quantitative estimate of drug-likeness (QED) is 0.887. The first-order valence-corrected chi connectivity index (χ1v) is 7.75. The highest BCUT2D eigenvalue weighted by atomic mass is 35.5. The molecule has 0 radical (unpaired) electrons. The number of hydrogen-bond donors (Lipinski definition) is 1. The minimum absolute atomic E-state index is 0. The van der Waals surface area contributed by atoms with Crippen LogP contribution in [0.1, 0.15) is 50.5 Å². The van der Waals surface area contributed by atoms with Crippen molar-refractivity contribution in [1.29, 1.82) is 0 Å². The van der Waals surface area contributed by atoms with Gasteiger partial charge in [-0.15, -0.1) is 12.4 Å². The summed E-state index contributed by atoms with van der Waals surface area (Å²) < 4.78 is 0. The molecular weight excluding hydrogens is 268 g/mol. The Hall–Kier alpha value is -0.730. The van der Waals surface area contributed by atoms with Gasteiger partial charge in [-0.2, -0.15) is 0 Å². The lowest BCUT2D eigenvalue weighted by Gasteiger charge is -2.21. The molecule has 0 saturated heterocycles. The summed E-state index contributed by atoms with van der Waals surface area (Å²) in [7, 11) is 4.17. The summed E-state index contributed by atoms with van der Waals surface area (Å²) in [5.41, 5.74) is 2.67. The molecule has 1 fully saturated rings. The van der Waals surface area contributed by atoms with Gasteiger partial charge in [0.15, 0.2) is 0 Å². The lowest BCUT2D eigenvalue weighted by Crippen LogP contribution is -2.29. The molecule has 1 aliphatic rings. The third-order valence-electron chi connectivity index (χ3n) is 4.15. The summed E-state index contributed by atoms with van der Waals surface area (Å²) in [6.45, 7) is 1.01. The van der Waals surface area contributed by atoms with Crippen molar-refractivity contribution in [3.63, 3.8) is 0 Å². The maximum absolute atomic E-state index is 3.74. The summed E-state index contributed by atoms with van der Waals surface area (Å²) in [4.78, 5) is 2.14. The van der Waals surface area contributed by atoms with Gasteiger partial charge in [-0.25, -0.2) is 0 Å². The van der Waals surface area contributed by atoms with Crippen molar-refractivity contribution in [3.05, 3.63) is 29.8 Å². The van der Waals surface area contributed by atoms with Gasteiger partial charge in [0.25, 0.3) is 0 Å². The first kappa shape index (κ1) is 17.3. The van der Waals surface area contributed by atoms with Crippen LogP contribution in [-0.2, 0) is 6.54 Å². The molecule has 1 aromatic rings. The number of halogens is 1. The van der Waals surface area contributed by atoms with E-state index in [0.717, 1.165) is 12.6 Å². The highest BCUT2D eigenvalue weighted by Crippen LogP contribution is 2.18. The minimum Gasteiger partial charge on any atom is -0.378 e. The van der Waals surface area contributed by atoms with Crippen molar-refractivity contribution in [2.45, 2.75) is 57.5 Å². The van der Waals surface area contributed by atoms with Crippen LogP contribution in [0.25, 0.3) is 0 Å². The smallest absolute Gasteiger partial charge is 0.0361 e. The zero-order valence-corrected chi connectivity index (χ0v) is 13.7. The van der Waals surface area contributed by atoms with Crippen LogP contribution >= 0.6 is 12.4 Å². The second kappa shape index (κ2) is 9.25. The van der Waals surface area contributed by atoms with Crippen LogP contribution in [0.15, 0.2) is 24.3 Å². The Bertz CT molecular complexity index is 354. The zero-order valence-electron chi connectivity index (χ0n) is 12.9. The second-order valence-electron chi connectivity index (χ2n) is 5.98. The fourth-order valence-corrected chi connectivity index (χ4v) is 2.83. The van der Waals surface area contributed by atoms with Crippen LogP contribution in [0.5, 0.6) is 0 Å². The molecule has 0 amide bonds. The molecule has 114 valence electrons. The van der Waals surface area contributed by atoms with E-state index in [4.69, 9.17) is 0 Å². The molecule has 3 heteroatoms. The SMILES string of the molecule is CN(C)c1ccc(CNC2CCCCCCC2)cc1.Cl. The van der Waals surface area contributed by atoms with Crippen LogP contribution in [0.3, 0.4) is 0 Å². The first-order valence-electron chi connectivity index (χ1n) is 7.75. The molecule has 0 spiro atoms. The fraction of sp³-hybridized carbons (Fsp3) is 0.647. The largest absolute Gasteiger partial charge is 0.378 e. The molecule has 0 atom stereocenters. The van der Waals surface area contributed by atoms with Gasteiger partial charge in [-0.1, -0.05) is 44.2 Å². The molecule has 0 unspecified atom stereocenters. The average molecular weight is 297 g/mol. The Morgan fingerprint density at radius 1 is 0.950 bits per heavy atom. The normalized spacial score (nSPS) is 16.9. The van der Waals surface area contributed by atoms with Gasteiger partial charge < -0.3 is 10.2 Å². The van der Waals surface area contributed by atoms with E-state index < -0.39 is 0 Å². The van der Waals surface area contributed by atoms with Gasteiger partial charge in [0.1, 0.15) is 0 Å². The van der Waals surface area contributed by atoms with E-state index in [-0.39, 0.29) is 12.4 Å². The fourth-order valence-electron chi connectivity index (χ4n) is 2.83. The van der Waals surface area contributed by atoms with E-state index in [1.165, 1.54) is 56.2 Å². The van der Waals surface area contributed by atoms with E-state index in [0.29, 0.717) is 0 Å². The second-order valence-corrected chi connectivity index (χ2v) is 5.98. The molecule has 0 aromatic heterocycles. The number of rotatable bonds is 4. The summed E-state index contributed by atoms with van der Waals surface area (Å²) in [6, 6.07) is 9.62. The summed E-state index contributed by atoms with van der Waals surface area (Å²) in [5.74, 6) is 0. The molecule has 2 rings (SSSR count). The Morgan fingerprint density at radius 2 is 1.50 bits per heavy atom. The number of nitrogens with one attached hydrogen (secondary N) is 1. The highest BCUT2D eigenvalue weighted by Gasteiger charge is 2.10. The maximum atomic E-state index is 3.74. The van der Waals surface area contributed by atoms with Crippen LogP contribution in [0.2, 0.25) is 0 Å². The van der Waals surface area contributed by atoms with Gasteiger partial charge in [0.2, 0.25) is 0 Å². The molecule has 2 nitrogen and oxygen atoms in total. The Labute approximate surface area is 130 Å². The third-order valence-corrected chi connectivity index (χ3v) is 4.15. The number of nitrogens with zero attached hydrogens (tertiary/aromatic N) is 1. The van der Waals surface area contributed by atoms with E-state index in [1.807, 2.05) is 0 Å². The van der Waals surface area contributed by atoms with Crippen molar-refractivity contribution in [3.8, 4) is 0 Å². The average Bonchev–Trinajstić information content (AvgIpc) is 2.38. The van der Waals surface area contributed by atoms with Gasteiger partial charge >= 0.3 is 0 Å². The topological polar surface area (TPSA) is 15.3 Å². The van der Waals surface area contributed by atoms with Crippen molar-refractivity contribution >= 4 is 18.1 Å². The molecule has 1 N–H and O–H groups in total. The number of anilines is 1. The molecule has 0 bridgehead atoms. The lowest BCUT2D eigenvalue weighted by atomic mass is 9.96. The van der Waals surface area contributed by atoms with E-state index >= 15 is 0 Å². The number of benzene rings is 1. The predicted octanol–water partition coefficient (Wildman–Crippen LogP) is 4.38. The van der Waals surface area contributed by atoms with E-state index in [2.05, 4.69) is 48.6 Å². The van der Waals surface area contributed by atoms with E-state index in [1.54, 1.807) is 0 Å². The van der Waals surface area contributed by atoms with Gasteiger partial charge in [-0.3, -0.25) is 0 Å². The van der Waals surface area contributed by atoms with Gasteiger partial charge in [0, 0.05) is 32.4 Å². The molecule has 0 aliphatic heterocycles. The van der Waals surface area contributed by atoms with Crippen LogP contribution in [-0.4, -0.2) is 20.1 Å².